The predicted molar refractivity (Wildman–Crippen MR) is 107 cm³/mol. The number of benzene rings is 2. The number of fused-ring (bicyclic) bond motifs is 1. The minimum atomic E-state index is -0.478. The molecule has 0 aliphatic heterocycles. The summed E-state index contributed by atoms with van der Waals surface area (Å²) in [5.41, 5.74) is 2.67. The molecule has 2 aromatic carbocycles. The summed E-state index contributed by atoms with van der Waals surface area (Å²) in [4.78, 5) is 24.5. The van der Waals surface area contributed by atoms with E-state index in [9.17, 15) is 9.59 Å². The van der Waals surface area contributed by atoms with E-state index >= 15 is 0 Å². The highest BCUT2D eigenvalue weighted by molar-refractivity contribution is 6.30. The molecule has 0 saturated heterocycles. The molecular formula is C20H17ClN4O3. The van der Waals surface area contributed by atoms with Crippen molar-refractivity contribution in [3.05, 3.63) is 75.9 Å². The molecule has 28 heavy (non-hydrogen) atoms. The normalized spacial score (nSPS) is 11.1. The van der Waals surface area contributed by atoms with Crippen LogP contribution in [0.2, 0.25) is 5.02 Å². The number of carbonyl (C=O) groups excluding carboxylic acids is 1. The number of hydrogen-bond donors (Lipinski definition) is 1. The van der Waals surface area contributed by atoms with Gasteiger partial charge in [-0.05, 0) is 37.3 Å². The third-order valence-corrected chi connectivity index (χ3v) is 4.52. The summed E-state index contributed by atoms with van der Waals surface area (Å²) in [7, 11) is 0. The zero-order chi connectivity index (χ0) is 19.7. The van der Waals surface area contributed by atoms with Gasteiger partial charge < -0.3 is 9.73 Å². The minimum Gasteiger partial charge on any atom is -0.408 e. The van der Waals surface area contributed by atoms with E-state index in [1.807, 2.05) is 25.1 Å². The molecule has 0 atom stereocenters. The molecule has 7 nitrogen and oxygen atoms in total. The van der Waals surface area contributed by atoms with Crippen molar-refractivity contribution in [2.45, 2.75) is 19.9 Å². The van der Waals surface area contributed by atoms with Crippen molar-refractivity contribution < 1.29 is 9.21 Å². The van der Waals surface area contributed by atoms with Crippen molar-refractivity contribution in [3.8, 4) is 5.69 Å². The topological polar surface area (TPSA) is 82.1 Å². The maximum atomic E-state index is 12.5. The van der Waals surface area contributed by atoms with Crippen LogP contribution < -0.4 is 11.1 Å². The molecule has 2 aromatic heterocycles. The highest BCUT2D eigenvalue weighted by Gasteiger charge is 2.14. The summed E-state index contributed by atoms with van der Waals surface area (Å²) in [5, 5.41) is 7.84. The van der Waals surface area contributed by atoms with Crippen LogP contribution in [0, 0.1) is 6.92 Å². The van der Waals surface area contributed by atoms with Crippen LogP contribution in [0.25, 0.3) is 16.8 Å². The number of amides is 1. The zero-order valence-electron chi connectivity index (χ0n) is 15.1. The van der Waals surface area contributed by atoms with Crippen LogP contribution >= 0.6 is 11.6 Å². The Hall–Kier alpha value is -3.32. The van der Waals surface area contributed by atoms with Crippen LogP contribution in [0.1, 0.15) is 12.1 Å². The standard InChI is InChI=1S/C20H17ClN4O3/c1-13-11-18(25(23-13)15-6-4-5-14(21)12-15)22-19(26)9-10-24-16-7-2-3-8-17(16)28-20(24)27/h2-8,11-12H,9-10H2,1H3,(H,22,26). The smallest absolute Gasteiger partial charge is 0.408 e. The molecule has 1 N–H and O–H groups in total. The number of para-hydroxylation sites is 2. The van der Waals surface area contributed by atoms with Gasteiger partial charge in [-0.25, -0.2) is 9.48 Å². The van der Waals surface area contributed by atoms with Gasteiger partial charge in [0.2, 0.25) is 5.91 Å². The molecule has 0 saturated carbocycles. The van der Waals surface area contributed by atoms with Gasteiger partial charge in [-0.3, -0.25) is 9.36 Å². The van der Waals surface area contributed by atoms with Crippen molar-refractivity contribution in [1.29, 1.82) is 0 Å². The monoisotopic (exact) mass is 396 g/mol. The van der Waals surface area contributed by atoms with Gasteiger partial charge in [0.05, 0.1) is 16.9 Å². The number of hydrogen-bond acceptors (Lipinski definition) is 4. The van der Waals surface area contributed by atoms with Gasteiger partial charge in [0.25, 0.3) is 0 Å². The maximum absolute atomic E-state index is 12.5. The quantitative estimate of drug-likeness (QED) is 0.556. The molecule has 0 spiro atoms. The minimum absolute atomic E-state index is 0.114. The van der Waals surface area contributed by atoms with Crippen LogP contribution in [-0.4, -0.2) is 20.3 Å². The third-order valence-electron chi connectivity index (χ3n) is 4.29. The average molecular weight is 397 g/mol. The van der Waals surface area contributed by atoms with Crippen molar-refractivity contribution in [1.82, 2.24) is 14.3 Å². The number of aromatic nitrogens is 3. The van der Waals surface area contributed by atoms with Gasteiger partial charge in [0, 0.05) is 24.1 Å². The number of halogens is 1. The fraction of sp³-hybridized carbons (Fsp3) is 0.150. The van der Waals surface area contributed by atoms with Gasteiger partial charge in [-0.2, -0.15) is 5.10 Å². The Morgan fingerprint density at radius 1 is 1.18 bits per heavy atom. The molecule has 142 valence electrons. The van der Waals surface area contributed by atoms with Crippen molar-refractivity contribution in [3.63, 3.8) is 0 Å². The summed E-state index contributed by atoms with van der Waals surface area (Å²) < 4.78 is 8.27. The molecular weight excluding hydrogens is 380 g/mol. The highest BCUT2D eigenvalue weighted by Crippen LogP contribution is 2.20. The first-order valence-corrected chi connectivity index (χ1v) is 9.10. The Kier molecular flexibility index (Phi) is 4.75. The molecule has 4 rings (SSSR count). The Balaban J connectivity index is 1.52. The van der Waals surface area contributed by atoms with Crippen molar-refractivity contribution >= 4 is 34.4 Å². The van der Waals surface area contributed by atoms with Gasteiger partial charge in [0.15, 0.2) is 5.58 Å². The van der Waals surface area contributed by atoms with Crippen molar-refractivity contribution in [2.24, 2.45) is 0 Å². The first kappa shape index (κ1) is 18.1. The Morgan fingerprint density at radius 3 is 2.82 bits per heavy atom. The van der Waals surface area contributed by atoms with E-state index in [0.717, 1.165) is 11.4 Å². The Labute approximate surface area is 165 Å². The Morgan fingerprint density at radius 2 is 2.00 bits per heavy atom. The summed E-state index contributed by atoms with van der Waals surface area (Å²) in [6.45, 7) is 2.06. The molecule has 0 radical (unpaired) electrons. The molecule has 0 fully saturated rings. The largest absolute Gasteiger partial charge is 0.419 e. The van der Waals surface area contributed by atoms with Gasteiger partial charge in [0.1, 0.15) is 5.82 Å². The lowest BCUT2D eigenvalue weighted by Crippen LogP contribution is -2.20. The maximum Gasteiger partial charge on any atom is 0.419 e. The summed E-state index contributed by atoms with van der Waals surface area (Å²) in [5.74, 6) is -0.177. The van der Waals surface area contributed by atoms with E-state index in [4.69, 9.17) is 16.0 Å². The predicted octanol–water partition coefficient (Wildman–Crippen LogP) is 3.77. The molecule has 0 unspecified atom stereocenters. The van der Waals surface area contributed by atoms with E-state index in [2.05, 4.69) is 10.4 Å². The molecule has 0 aliphatic carbocycles. The molecule has 4 aromatic rings. The van der Waals surface area contributed by atoms with Crippen LogP contribution in [-0.2, 0) is 11.3 Å². The lowest BCUT2D eigenvalue weighted by atomic mass is 10.3. The van der Waals surface area contributed by atoms with Gasteiger partial charge in [-0.1, -0.05) is 29.8 Å². The fourth-order valence-corrected chi connectivity index (χ4v) is 3.22. The number of aryl methyl sites for hydroxylation is 2. The molecule has 0 bridgehead atoms. The lowest BCUT2D eigenvalue weighted by Gasteiger charge is -2.09. The first-order chi connectivity index (χ1) is 13.5. The fourth-order valence-electron chi connectivity index (χ4n) is 3.04. The van der Waals surface area contributed by atoms with Crippen LogP contribution in [0.3, 0.4) is 0 Å². The zero-order valence-corrected chi connectivity index (χ0v) is 15.8. The molecule has 0 aliphatic rings. The van der Waals surface area contributed by atoms with E-state index in [1.54, 1.807) is 41.1 Å². The van der Waals surface area contributed by atoms with E-state index in [1.165, 1.54) is 4.57 Å². The SMILES string of the molecule is Cc1cc(NC(=O)CCn2c(=O)oc3ccccc32)n(-c2cccc(Cl)c2)n1. The van der Waals surface area contributed by atoms with Crippen molar-refractivity contribution in [2.75, 3.05) is 5.32 Å². The van der Waals surface area contributed by atoms with E-state index < -0.39 is 5.76 Å². The summed E-state index contributed by atoms with van der Waals surface area (Å²) in [6.07, 6.45) is 0.114. The second-order valence-corrected chi connectivity index (χ2v) is 6.78. The molecule has 2 heterocycles. The van der Waals surface area contributed by atoms with Gasteiger partial charge in [-0.15, -0.1) is 0 Å². The molecule has 1 amide bonds. The van der Waals surface area contributed by atoms with E-state index in [0.29, 0.717) is 21.9 Å². The van der Waals surface area contributed by atoms with Crippen LogP contribution in [0.15, 0.2) is 63.8 Å². The number of nitrogens with zero attached hydrogens (tertiary/aromatic N) is 3. The number of oxazole rings is 1. The van der Waals surface area contributed by atoms with Crippen LogP contribution in [0.4, 0.5) is 5.82 Å². The summed E-state index contributed by atoms with van der Waals surface area (Å²) >= 11 is 6.06. The Bertz CT molecular complexity index is 1220. The third kappa shape index (κ3) is 3.57. The lowest BCUT2D eigenvalue weighted by molar-refractivity contribution is -0.116. The summed E-state index contributed by atoms with van der Waals surface area (Å²) in [6, 6.07) is 16.1. The van der Waals surface area contributed by atoms with E-state index in [-0.39, 0.29) is 18.9 Å². The number of anilines is 1. The van der Waals surface area contributed by atoms with Gasteiger partial charge >= 0.3 is 5.76 Å². The second-order valence-electron chi connectivity index (χ2n) is 6.35. The number of nitrogens with one attached hydrogen (secondary N) is 1. The average Bonchev–Trinajstić information content (AvgIpc) is 3.18. The highest BCUT2D eigenvalue weighted by atomic mass is 35.5. The first-order valence-electron chi connectivity index (χ1n) is 8.72. The van der Waals surface area contributed by atoms with Crippen LogP contribution in [0.5, 0.6) is 0 Å². The number of rotatable bonds is 5. The second kappa shape index (κ2) is 7.36. The number of carbonyl (C=O) groups is 1. The molecule has 8 heteroatoms.